The first-order chi connectivity index (χ1) is 32.8. The van der Waals surface area contributed by atoms with E-state index >= 15 is 0 Å². The van der Waals surface area contributed by atoms with Crippen LogP contribution >= 0.6 is 0 Å². The summed E-state index contributed by atoms with van der Waals surface area (Å²) in [7, 11) is 0. The van der Waals surface area contributed by atoms with Crippen molar-refractivity contribution in [3.8, 4) is 69.0 Å². The fourth-order valence-corrected chi connectivity index (χ4v) is 12.0. The van der Waals surface area contributed by atoms with Crippen LogP contribution in [-0.4, -0.2) is 51.1 Å². The molecule has 0 aromatic heterocycles. The van der Waals surface area contributed by atoms with Crippen LogP contribution in [0.4, 0.5) is 0 Å². The number of phenolic OH excluding ortho intramolecular Hbond substituents is 10. The van der Waals surface area contributed by atoms with Gasteiger partial charge in [0.2, 0.25) is 0 Å². The molecule has 2 aliphatic heterocycles. The van der Waals surface area contributed by atoms with Crippen molar-refractivity contribution < 1.29 is 60.5 Å². The number of benzene rings is 8. The minimum absolute atomic E-state index is 0.0105. The summed E-state index contributed by atoms with van der Waals surface area (Å²) >= 11 is 0. The third-order valence-corrected chi connectivity index (χ3v) is 14.4. The quantitative estimate of drug-likeness (QED) is 0.0753. The van der Waals surface area contributed by atoms with Gasteiger partial charge >= 0.3 is 0 Å². The van der Waals surface area contributed by atoms with Crippen molar-refractivity contribution in [2.24, 2.45) is 0 Å². The molecule has 8 atom stereocenters. The summed E-state index contributed by atoms with van der Waals surface area (Å²) in [5.74, 6) is -4.72. The molecule has 0 bridgehead atoms. The topological polar surface area (TPSA) is 221 Å². The van der Waals surface area contributed by atoms with Crippen molar-refractivity contribution in [3.05, 3.63) is 212 Å². The molecular formula is C56H42O12. The Morgan fingerprint density at radius 1 is 0.265 bits per heavy atom. The van der Waals surface area contributed by atoms with Gasteiger partial charge in [-0.25, -0.2) is 0 Å². The monoisotopic (exact) mass is 906 g/mol. The molecule has 12 rings (SSSR count). The van der Waals surface area contributed by atoms with Gasteiger partial charge in [-0.3, -0.25) is 0 Å². The molecule has 2 aliphatic carbocycles. The minimum atomic E-state index is -0.838. The summed E-state index contributed by atoms with van der Waals surface area (Å²) in [4.78, 5) is 0. The van der Waals surface area contributed by atoms with E-state index < -0.39 is 47.7 Å². The molecule has 8 aromatic rings. The van der Waals surface area contributed by atoms with E-state index in [1.54, 1.807) is 103 Å². The van der Waals surface area contributed by atoms with Crippen molar-refractivity contribution >= 4 is 0 Å². The Balaban J connectivity index is 1.20. The van der Waals surface area contributed by atoms with Gasteiger partial charge in [0.05, 0.1) is 11.8 Å². The highest BCUT2D eigenvalue weighted by Gasteiger charge is 2.57. The Morgan fingerprint density at radius 3 is 1.26 bits per heavy atom. The second-order valence-electron chi connectivity index (χ2n) is 18.2. The van der Waals surface area contributed by atoms with Crippen molar-refractivity contribution in [3.63, 3.8) is 0 Å². The number of ether oxygens (including phenoxy) is 2. The number of hydrogen-bond acceptors (Lipinski definition) is 12. The maximum Gasteiger partial charge on any atom is 0.135 e. The maximum absolute atomic E-state index is 12.8. The molecule has 0 amide bonds. The largest absolute Gasteiger partial charge is 0.508 e. The SMILES string of the molecule is Oc1ccc([C@@H]2c3c(O)cc(O)cc3[C@@H]3c4c(cc(O)c5c4[C@H]2[C@H](c2ccc(O)cc2)[C@H]5c2cc(O)cc4c2[C@H](c2cc(O)cc(O)c2)[C@@H](c2ccc(O)cc2)O4)O[C@@H]3c2ccc(O)cc2)cc1. The summed E-state index contributed by atoms with van der Waals surface area (Å²) in [6, 6.07) is 38.6. The van der Waals surface area contributed by atoms with Crippen LogP contribution in [0.5, 0.6) is 69.0 Å². The molecule has 2 heterocycles. The van der Waals surface area contributed by atoms with Gasteiger partial charge in [-0.2, -0.15) is 0 Å². The van der Waals surface area contributed by atoms with Crippen LogP contribution in [0.3, 0.4) is 0 Å². The number of phenols is 10. The Labute approximate surface area is 388 Å². The van der Waals surface area contributed by atoms with Crippen LogP contribution in [0.15, 0.2) is 146 Å². The van der Waals surface area contributed by atoms with E-state index in [0.29, 0.717) is 72.7 Å². The highest BCUT2D eigenvalue weighted by Crippen LogP contribution is 2.72. The summed E-state index contributed by atoms with van der Waals surface area (Å²) < 4.78 is 13.7. The lowest BCUT2D eigenvalue weighted by atomic mass is 9.68. The molecule has 0 saturated heterocycles. The molecule has 4 aliphatic rings. The number of aromatic hydroxyl groups is 10. The van der Waals surface area contributed by atoms with Crippen LogP contribution in [0.25, 0.3) is 0 Å². The van der Waals surface area contributed by atoms with Crippen molar-refractivity contribution in [1.29, 1.82) is 0 Å². The van der Waals surface area contributed by atoms with Crippen LogP contribution < -0.4 is 9.47 Å². The van der Waals surface area contributed by atoms with Crippen molar-refractivity contribution in [1.82, 2.24) is 0 Å². The molecule has 338 valence electrons. The van der Waals surface area contributed by atoms with Gasteiger partial charge in [0, 0.05) is 70.2 Å². The summed E-state index contributed by atoms with van der Waals surface area (Å²) in [5, 5.41) is 112. The lowest BCUT2D eigenvalue weighted by Crippen LogP contribution is -2.21. The maximum atomic E-state index is 12.8. The fraction of sp³-hybridized carbons (Fsp3) is 0.143. The highest BCUT2D eigenvalue weighted by molar-refractivity contribution is 5.74. The second kappa shape index (κ2) is 14.9. The zero-order valence-corrected chi connectivity index (χ0v) is 35.8. The Kier molecular flexibility index (Phi) is 8.97. The molecular weight excluding hydrogens is 865 g/mol. The molecule has 8 aromatic carbocycles. The number of rotatable bonds is 6. The van der Waals surface area contributed by atoms with Gasteiger partial charge in [-0.1, -0.05) is 48.5 Å². The average Bonchev–Trinajstić information content (AvgIpc) is 3.96. The number of fused-ring (bicyclic) bond motifs is 3. The Bertz CT molecular complexity index is 3310. The Morgan fingerprint density at radius 2 is 0.706 bits per heavy atom. The molecule has 0 radical (unpaired) electrons. The molecule has 0 fully saturated rings. The van der Waals surface area contributed by atoms with Crippen LogP contribution in [-0.2, 0) is 0 Å². The zero-order valence-electron chi connectivity index (χ0n) is 35.8. The molecule has 12 heteroatoms. The molecule has 0 spiro atoms. The first-order valence-electron chi connectivity index (χ1n) is 22.2. The van der Waals surface area contributed by atoms with E-state index in [1.807, 2.05) is 12.1 Å². The second-order valence-corrected chi connectivity index (χ2v) is 18.2. The van der Waals surface area contributed by atoms with Crippen LogP contribution in [0, 0.1) is 0 Å². The fourth-order valence-electron chi connectivity index (χ4n) is 12.0. The van der Waals surface area contributed by atoms with Gasteiger partial charge < -0.3 is 60.5 Å². The Hall–Kier alpha value is -8.64. The first kappa shape index (κ1) is 40.8. The van der Waals surface area contributed by atoms with E-state index in [4.69, 9.17) is 9.47 Å². The third kappa shape index (κ3) is 6.20. The highest BCUT2D eigenvalue weighted by atomic mass is 16.5. The summed E-state index contributed by atoms with van der Waals surface area (Å²) in [5.41, 5.74) is 7.26. The van der Waals surface area contributed by atoms with Gasteiger partial charge in [0.25, 0.3) is 0 Å². The zero-order chi connectivity index (χ0) is 46.9. The van der Waals surface area contributed by atoms with Crippen molar-refractivity contribution in [2.75, 3.05) is 0 Å². The molecule has 12 nitrogen and oxygen atoms in total. The standard InChI is InChI=1S/C56H42O12/c57-30-9-1-25(2-10-30)44-47-38(20-36(63)22-40(47)65)50-52-43(68-56(50)28-7-15-33(60)16-8-28)24-41(66)51-49(45(53(44)54(51)52)26-3-11-31(58)12-4-26)39-21-37(64)23-42-48(39)46(29-17-34(61)19-35(62)18-29)55(67-42)27-5-13-32(59)14-6-27/h1-24,44-46,49-50,53,55-66H/t44-,45-,46+,49-,50-,53-,55-,56-/m1/s1. The molecule has 68 heavy (non-hydrogen) atoms. The summed E-state index contributed by atoms with van der Waals surface area (Å²) in [6.07, 6.45) is -1.59. The lowest BCUT2D eigenvalue weighted by Gasteiger charge is -2.35. The molecule has 10 N–H and O–H groups in total. The predicted molar refractivity (Wildman–Crippen MR) is 248 cm³/mol. The number of hydrogen-bond donors (Lipinski definition) is 10. The third-order valence-electron chi connectivity index (χ3n) is 14.4. The van der Waals surface area contributed by atoms with Gasteiger partial charge in [-0.15, -0.1) is 0 Å². The smallest absolute Gasteiger partial charge is 0.135 e. The lowest BCUT2D eigenvalue weighted by molar-refractivity contribution is 0.221. The van der Waals surface area contributed by atoms with E-state index in [0.717, 1.165) is 5.56 Å². The summed E-state index contributed by atoms with van der Waals surface area (Å²) in [6.45, 7) is 0. The van der Waals surface area contributed by atoms with Gasteiger partial charge in [0.15, 0.2) is 0 Å². The van der Waals surface area contributed by atoms with E-state index in [9.17, 15) is 51.1 Å². The van der Waals surface area contributed by atoms with Crippen LogP contribution in [0.1, 0.15) is 114 Å². The predicted octanol–water partition coefficient (Wildman–Crippen LogP) is 10.4. The van der Waals surface area contributed by atoms with E-state index in [-0.39, 0.29) is 57.5 Å². The minimum Gasteiger partial charge on any atom is -0.508 e. The van der Waals surface area contributed by atoms with E-state index in [2.05, 4.69) is 0 Å². The first-order valence-corrected chi connectivity index (χ1v) is 22.2. The normalized spacial score (nSPS) is 22.6. The molecule has 0 unspecified atom stereocenters. The van der Waals surface area contributed by atoms with Gasteiger partial charge in [0.1, 0.15) is 81.2 Å². The van der Waals surface area contributed by atoms with Gasteiger partial charge in [-0.05, 0) is 117 Å². The molecule has 0 saturated carbocycles. The average molecular weight is 907 g/mol. The van der Waals surface area contributed by atoms with Crippen LogP contribution in [0.2, 0.25) is 0 Å². The van der Waals surface area contributed by atoms with Crippen molar-refractivity contribution in [2.45, 2.75) is 47.7 Å². The van der Waals surface area contributed by atoms with E-state index in [1.165, 1.54) is 30.3 Å².